The Bertz CT molecular complexity index is 664. The number of hydrogen-bond acceptors (Lipinski definition) is 3. The lowest BCUT2D eigenvalue weighted by molar-refractivity contribution is 0.0698. The zero-order chi connectivity index (χ0) is 14.3. The number of carboxylic acid groups (broad SMARTS) is 1. The molecule has 0 bridgehead atoms. The average molecular weight is 277 g/mol. The van der Waals surface area contributed by atoms with Gasteiger partial charge in [0.05, 0.1) is 6.20 Å². The lowest BCUT2D eigenvalue weighted by Gasteiger charge is -2.13. The summed E-state index contributed by atoms with van der Waals surface area (Å²) in [5, 5.41) is 12.6. The number of carbonyl (C=O) groups is 1. The molecule has 1 fully saturated rings. The molecule has 6 heteroatoms. The first-order valence-electron chi connectivity index (χ1n) is 6.68. The summed E-state index contributed by atoms with van der Waals surface area (Å²) < 4.78 is 14.8. The van der Waals surface area contributed by atoms with Crippen molar-refractivity contribution in [3.05, 3.63) is 35.5 Å². The Labute approximate surface area is 115 Å². The molecular weight excluding hydrogens is 261 g/mol. The number of pyridine rings is 1. The van der Waals surface area contributed by atoms with Gasteiger partial charge in [-0.2, -0.15) is 4.39 Å². The second-order valence-corrected chi connectivity index (χ2v) is 5.35. The summed E-state index contributed by atoms with van der Waals surface area (Å²) >= 11 is 0. The maximum absolute atomic E-state index is 13.6. The second kappa shape index (κ2) is 4.86. The van der Waals surface area contributed by atoms with E-state index in [1.807, 2.05) is 0 Å². The fourth-order valence-electron chi connectivity index (χ4n) is 2.41. The highest BCUT2D eigenvalue weighted by Gasteiger charge is 2.27. The molecule has 1 saturated carbocycles. The molecular formula is C14H16FN3O2. The number of hydrogen-bond donors (Lipinski definition) is 2. The number of carboxylic acids is 1. The van der Waals surface area contributed by atoms with E-state index in [4.69, 9.17) is 0 Å². The van der Waals surface area contributed by atoms with Gasteiger partial charge in [-0.1, -0.05) is 0 Å². The van der Waals surface area contributed by atoms with Crippen LogP contribution in [0.15, 0.2) is 18.5 Å². The fraction of sp³-hybridized carbons (Fsp3) is 0.429. The van der Waals surface area contributed by atoms with Crippen molar-refractivity contribution >= 4 is 11.6 Å². The van der Waals surface area contributed by atoms with Crippen LogP contribution in [0.4, 0.5) is 4.39 Å². The Balaban J connectivity index is 1.89. The number of aromatic carboxylic acids is 1. The molecule has 1 aliphatic rings. The van der Waals surface area contributed by atoms with Gasteiger partial charge in [-0.05, 0) is 37.3 Å². The molecule has 5 nitrogen and oxygen atoms in total. The third-order valence-corrected chi connectivity index (χ3v) is 3.80. The Morgan fingerprint density at radius 1 is 1.65 bits per heavy atom. The van der Waals surface area contributed by atoms with Gasteiger partial charge in [-0.15, -0.1) is 0 Å². The standard InChI is InChI=1S/C14H16FN3O2/c1-8(10-2-3-10)16-5-9-4-11(14(19)20)13-17-6-12(15)18(13)7-9/h4,6-8,10,16H,2-3,5H2,1H3,(H,19,20)/t8-/m0/s1. The van der Waals surface area contributed by atoms with Gasteiger partial charge in [0.25, 0.3) is 0 Å². The van der Waals surface area contributed by atoms with Crippen LogP contribution in [0.25, 0.3) is 5.65 Å². The van der Waals surface area contributed by atoms with E-state index in [1.165, 1.54) is 17.2 Å². The molecule has 0 unspecified atom stereocenters. The maximum Gasteiger partial charge on any atom is 0.339 e. The van der Waals surface area contributed by atoms with Gasteiger partial charge in [0.15, 0.2) is 5.65 Å². The topological polar surface area (TPSA) is 66.6 Å². The zero-order valence-electron chi connectivity index (χ0n) is 11.1. The van der Waals surface area contributed by atoms with Crippen molar-refractivity contribution in [1.29, 1.82) is 0 Å². The summed E-state index contributed by atoms with van der Waals surface area (Å²) in [6.45, 7) is 2.64. The zero-order valence-corrected chi connectivity index (χ0v) is 11.1. The number of aromatic nitrogens is 2. The third-order valence-electron chi connectivity index (χ3n) is 3.80. The summed E-state index contributed by atoms with van der Waals surface area (Å²) in [5.74, 6) is -0.945. The first kappa shape index (κ1) is 13.1. The molecule has 2 aromatic rings. The molecule has 0 amide bonds. The minimum Gasteiger partial charge on any atom is -0.478 e. The lowest BCUT2D eigenvalue weighted by Crippen LogP contribution is -2.27. The van der Waals surface area contributed by atoms with Crippen LogP contribution >= 0.6 is 0 Å². The van der Waals surface area contributed by atoms with E-state index in [1.54, 1.807) is 12.3 Å². The van der Waals surface area contributed by atoms with Gasteiger partial charge in [0.2, 0.25) is 5.95 Å². The molecule has 2 heterocycles. The van der Waals surface area contributed by atoms with Gasteiger partial charge in [-0.25, -0.2) is 9.78 Å². The quantitative estimate of drug-likeness (QED) is 0.878. The van der Waals surface area contributed by atoms with Crippen LogP contribution in [0.2, 0.25) is 0 Å². The van der Waals surface area contributed by atoms with Crippen molar-refractivity contribution in [1.82, 2.24) is 14.7 Å². The van der Waals surface area contributed by atoms with Crippen molar-refractivity contribution in [2.24, 2.45) is 5.92 Å². The van der Waals surface area contributed by atoms with Gasteiger partial charge in [0.1, 0.15) is 5.56 Å². The molecule has 1 atom stereocenters. The molecule has 2 aromatic heterocycles. The number of fused-ring (bicyclic) bond motifs is 1. The summed E-state index contributed by atoms with van der Waals surface area (Å²) in [7, 11) is 0. The van der Waals surface area contributed by atoms with E-state index >= 15 is 0 Å². The Morgan fingerprint density at radius 2 is 2.40 bits per heavy atom. The van der Waals surface area contributed by atoms with Crippen molar-refractivity contribution < 1.29 is 14.3 Å². The van der Waals surface area contributed by atoms with Gasteiger partial charge >= 0.3 is 5.97 Å². The van der Waals surface area contributed by atoms with Crippen LogP contribution in [0.5, 0.6) is 0 Å². The van der Waals surface area contributed by atoms with E-state index in [0.29, 0.717) is 18.5 Å². The van der Waals surface area contributed by atoms with E-state index in [0.717, 1.165) is 11.8 Å². The SMILES string of the molecule is C[C@H](NCc1cc(C(=O)O)c2ncc(F)n2c1)C1CC1. The van der Waals surface area contributed by atoms with Crippen molar-refractivity contribution in [3.63, 3.8) is 0 Å². The van der Waals surface area contributed by atoms with Crippen LogP contribution in [0.3, 0.4) is 0 Å². The summed E-state index contributed by atoms with van der Waals surface area (Å²) in [6.07, 6.45) is 5.11. The smallest absolute Gasteiger partial charge is 0.339 e. The number of nitrogens with zero attached hydrogens (tertiary/aromatic N) is 2. The highest BCUT2D eigenvalue weighted by Crippen LogP contribution is 2.32. The minimum atomic E-state index is -1.10. The van der Waals surface area contributed by atoms with Crippen LogP contribution in [-0.4, -0.2) is 26.5 Å². The van der Waals surface area contributed by atoms with E-state index < -0.39 is 11.9 Å². The summed E-state index contributed by atoms with van der Waals surface area (Å²) in [4.78, 5) is 15.0. The van der Waals surface area contributed by atoms with Crippen molar-refractivity contribution in [2.75, 3.05) is 0 Å². The second-order valence-electron chi connectivity index (χ2n) is 5.35. The first-order chi connectivity index (χ1) is 9.56. The molecule has 20 heavy (non-hydrogen) atoms. The predicted octanol–water partition coefficient (Wildman–Crippen LogP) is 2.06. The average Bonchev–Trinajstić information content (AvgIpc) is 3.21. The number of nitrogens with one attached hydrogen (secondary N) is 1. The van der Waals surface area contributed by atoms with Crippen LogP contribution in [0, 0.1) is 11.9 Å². The Kier molecular flexibility index (Phi) is 3.17. The summed E-state index contributed by atoms with van der Waals surface area (Å²) in [5.41, 5.74) is 0.889. The minimum absolute atomic E-state index is 0.0206. The fourth-order valence-corrected chi connectivity index (χ4v) is 2.41. The monoisotopic (exact) mass is 277 g/mol. The molecule has 0 radical (unpaired) electrons. The molecule has 3 rings (SSSR count). The lowest BCUT2D eigenvalue weighted by atomic mass is 10.1. The van der Waals surface area contributed by atoms with Crippen molar-refractivity contribution in [2.45, 2.75) is 32.4 Å². The van der Waals surface area contributed by atoms with Gasteiger partial charge < -0.3 is 10.4 Å². The van der Waals surface area contributed by atoms with E-state index in [2.05, 4.69) is 17.2 Å². The maximum atomic E-state index is 13.6. The first-order valence-corrected chi connectivity index (χ1v) is 6.68. The number of imidazole rings is 1. The Morgan fingerprint density at radius 3 is 3.05 bits per heavy atom. The van der Waals surface area contributed by atoms with Crippen LogP contribution in [0.1, 0.15) is 35.7 Å². The molecule has 0 spiro atoms. The molecule has 0 aromatic carbocycles. The highest BCUT2D eigenvalue weighted by molar-refractivity contribution is 5.94. The number of rotatable bonds is 5. The Hall–Kier alpha value is -1.95. The van der Waals surface area contributed by atoms with E-state index in [-0.39, 0.29) is 11.2 Å². The third kappa shape index (κ3) is 2.38. The molecule has 1 aliphatic carbocycles. The number of halogens is 1. The molecule has 2 N–H and O–H groups in total. The van der Waals surface area contributed by atoms with Gasteiger partial charge in [-0.3, -0.25) is 4.40 Å². The molecule has 106 valence electrons. The summed E-state index contributed by atoms with van der Waals surface area (Å²) in [6, 6.07) is 1.95. The van der Waals surface area contributed by atoms with Gasteiger partial charge in [0, 0.05) is 18.8 Å². The molecule has 0 saturated heterocycles. The normalized spacial score (nSPS) is 16.5. The predicted molar refractivity (Wildman–Crippen MR) is 71.1 cm³/mol. The largest absolute Gasteiger partial charge is 0.478 e. The molecule has 0 aliphatic heterocycles. The van der Waals surface area contributed by atoms with Crippen molar-refractivity contribution in [3.8, 4) is 0 Å². The highest BCUT2D eigenvalue weighted by atomic mass is 19.1. The van der Waals surface area contributed by atoms with E-state index in [9.17, 15) is 14.3 Å². The van der Waals surface area contributed by atoms with Crippen LogP contribution in [-0.2, 0) is 6.54 Å². The van der Waals surface area contributed by atoms with Crippen LogP contribution < -0.4 is 5.32 Å².